The van der Waals surface area contributed by atoms with E-state index in [9.17, 15) is 27.2 Å². The molecular weight excluding hydrogens is 583 g/mol. The number of alkyl halides is 3. The topological polar surface area (TPSA) is 47.1 Å². The Morgan fingerprint density at radius 2 is 1.68 bits per heavy atom. The third-order valence-electron chi connectivity index (χ3n) is 8.31. The lowest BCUT2D eigenvalue weighted by Crippen LogP contribution is -2.48. The number of carbonyl (C=O) groups is 2. The molecule has 2 heterocycles. The summed E-state index contributed by atoms with van der Waals surface area (Å²) in [6.45, 7) is 4.24. The molecule has 41 heavy (non-hydrogen) atoms. The molecule has 2 aromatic rings. The zero-order valence-electron chi connectivity index (χ0n) is 23.2. The van der Waals surface area contributed by atoms with Crippen molar-refractivity contribution in [1.29, 1.82) is 0 Å². The molecule has 0 spiro atoms. The second-order valence-corrected chi connectivity index (χ2v) is 11.8. The minimum absolute atomic E-state index is 0.0232. The first-order valence-corrected chi connectivity index (χ1v) is 14.2. The largest absolute Gasteiger partial charge is 0.419 e. The number of likely N-dealkylation sites (N-methyl/N-ethyl adjacent to an activating group) is 1. The SMILES string of the molecule is CC(=O)N(C)C1CCN(CC(=O)N2C[C@H](c3ccc(Cl)c(Cl)c3)[C@H](N(C)Cc3ccc(C(F)(F)F)c(F)c3)C2)CC1. The van der Waals surface area contributed by atoms with Gasteiger partial charge in [-0.2, -0.15) is 13.2 Å². The summed E-state index contributed by atoms with van der Waals surface area (Å²) in [6.07, 6.45) is -3.17. The number of benzene rings is 2. The highest BCUT2D eigenvalue weighted by molar-refractivity contribution is 6.42. The summed E-state index contributed by atoms with van der Waals surface area (Å²) >= 11 is 12.4. The Kier molecular flexibility index (Phi) is 9.89. The van der Waals surface area contributed by atoms with Crippen molar-refractivity contribution in [2.45, 2.75) is 50.5 Å². The van der Waals surface area contributed by atoms with Gasteiger partial charge in [-0.05, 0) is 55.3 Å². The molecule has 0 saturated carbocycles. The van der Waals surface area contributed by atoms with E-state index in [1.807, 2.05) is 18.0 Å². The molecule has 0 radical (unpaired) electrons. The summed E-state index contributed by atoms with van der Waals surface area (Å²) in [5.74, 6) is -1.46. The predicted octanol–water partition coefficient (Wildman–Crippen LogP) is 5.52. The summed E-state index contributed by atoms with van der Waals surface area (Å²) in [5.41, 5.74) is -0.0144. The van der Waals surface area contributed by atoms with Gasteiger partial charge in [0, 0.05) is 64.7 Å². The van der Waals surface area contributed by atoms with Crippen molar-refractivity contribution in [2.75, 3.05) is 46.8 Å². The van der Waals surface area contributed by atoms with E-state index in [2.05, 4.69) is 4.90 Å². The van der Waals surface area contributed by atoms with Gasteiger partial charge in [0.25, 0.3) is 0 Å². The molecule has 0 bridgehead atoms. The third kappa shape index (κ3) is 7.52. The number of hydrogen-bond donors (Lipinski definition) is 0. The van der Waals surface area contributed by atoms with E-state index in [1.165, 1.54) is 6.07 Å². The van der Waals surface area contributed by atoms with Crippen molar-refractivity contribution in [2.24, 2.45) is 0 Å². The molecule has 0 aromatic heterocycles. The molecule has 12 heteroatoms. The van der Waals surface area contributed by atoms with Crippen molar-refractivity contribution in [3.05, 3.63) is 69.0 Å². The standard InChI is InChI=1S/C29H34Cl2F4N4O2/c1-18(40)37(3)21-8-10-38(11-9-21)17-28(41)39-15-22(20-5-7-24(30)25(31)13-20)27(16-39)36(2)14-19-4-6-23(26(32)12-19)29(33,34)35/h4-7,12-13,21-22,27H,8-11,14-17H2,1-3H3/t22-,27-/m1/s1. The molecule has 4 rings (SSSR count). The van der Waals surface area contributed by atoms with Gasteiger partial charge in [0.05, 0.1) is 22.2 Å². The van der Waals surface area contributed by atoms with E-state index >= 15 is 0 Å². The van der Waals surface area contributed by atoms with Crippen LogP contribution in [0.25, 0.3) is 0 Å². The third-order valence-corrected chi connectivity index (χ3v) is 9.05. The number of amides is 2. The molecule has 0 N–H and O–H groups in total. The van der Waals surface area contributed by atoms with Crippen molar-refractivity contribution in [3.63, 3.8) is 0 Å². The van der Waals surface area contributed by atoms with Crippen LogP contribution < -0.4 is 0 Å². The van der Waals surface area contributed by atoms with Crippen molar-refractivity contribution >= 4 is 35.0 Å². The highest BCUT2D eigenvalue weighted by Gasteiger charge is 2.39. The second-order valence-electron chi connectivity index (χ2n) is 11.0. The van der Waals surface area contributed by atoms with Gasteiger partial charge in [-0.1, -0.05) is 35.3 Å². The van der Waals surface area contributed by atoms with Crippen LogP contribution in [0.3, 0.4) is 0 Å². The fourth-order valence-corrected chi connectivity index (χ4v) is 6.12. The Labute approximate surface area is 247 Å². The fraction of sp³-hybridized carbons (Fsp3) is 0.517. The van der Waals surface area contributed by atoms with Crippen LogP contribution in [0.15, 0.2) is 36.4 Å². The smallest absolute Gasteiger partial charge is 0.343 e. The number of piperidine rings is 1. The van der Waals surface area contributed by atoms with Gasteiger partial charge in [-0.3, -0.25) is 19.4 Å². The summed E-state index contributed by atoms with van der Waals surface area (Å²) in [4.78, 5) is 32.7. The maximum atomic E-state index is 14.3. The molecule has 2 atom stereocenters. The van der Waals surface area contributed by atoms with E-state index in [0.29, 0.717) is 41.8 Å². The molecule has 2 aliphatic rings. The second kappa shape index (κ2) is 12.9. The summed E-state index contributed by atoms with van der Waals surface area (Å²) in [6, 6.07) is 8.26. The lowest BCUT2D eigenvalue weighted by molar-refractivity contribution is -0.140. The van der Waals surface area contributed by atoms with Crippen molar-refractivity contribution in [3.8, 4) is 0 Å². The maximum absolute atomic E-state index is 14.3. The van der Waals surface area contributed by atoms with Crippen LogP contribution in [0.4, 0.5) is 17.6 Å². The highest BCUT2D eigenvalue weighted by Crippen LogP contribution is 2.36. The average Bonchev–Trinajstić information content (AvgIpc) is 3.35. The normalized spacial score (nSPS) is 20.6. The van der Waals surface area contributed by atoms with Crippen LogP contribution in [-0.2, 0) is 22.3 Å². The highest BCUT2D eigenvalue weighted by atomic mass is 35.5. The Morgan fingerprint density at radius 3 is 2.27 bits per heavy atom. The molecule has 0 unspecified atom stereocenters. The summed E-state index contributed by atoms with van der Waals surface area (Å²) in [7, 11) is 3.62. The molecule has 2 saturated heterocycles. The van der Waals surface area contributed by atoms with Gasteiger partial charge >= 0.3 is 6.18 Å². The van der Waals surface area contributed by atoms with Crippen LogP contribution in [0.1, 0.15) is 42.4 Å². The Balaban J connectivity index is 1.47. The number of nitrogens with zero attached hydrogens (tertiary/aromatic N) is 4. The number of halogens is 6. The van der Waals surface area contributed by atoms with Gasteiger partial charge in [0.15, 0.2) is 0 Å². The zero-order chi connectivity index (χ0) is 30.1. The van der Waals surface area contributed by atoms with Crippen molar-refractivity contribution < 1.29 is 27.2 Å². The van der Waals surface area contributed by atoms with Crippen LogP contribution >= 0.6 is 23.2 Å². The Bertz CT molecular complexity index is 1270. The number of carbonyl (C=O) groups excluding carboxylic acids is 2. The van der Waals surface area contributed by atoms with Gasteiger partial charge in [0.2, 0.25) is 11.8 Å². The minimum atomic E-state index is -4.77. The quantitative estimate of drug-likeness (QED) is 0.384. The van der Waals surface area contributed by atoms with Crippen LogP contribution in [0, 0.1) is 5.82 Å². The summed E-state index contributed by atoms with van der Waals surface area (Å²) in [5, 5.41) is 0.795. The van der Waals surface area contributed by atoms with Crippen LogP contribution in [0.2, 0.25) is 10.0 Å². The monoisotopic (exact) mass is 616 g/mol. The Hall–Kier alpha value is -2.40. The van der Waals surface area contributed by atoms with Gasteiger partial charge < -0.3 is 9.80 Å². The molecule has 224 valence electrons. The molecule has 0 aliphatic carbocycles. The van der Waals surface area contributed by atoms with Crippen molar-refractivity contribution in [1.82, 2.24) is 19.6 Å². The maximum Gasteiger partial charge on any atom is 0.419 e. The lowest BCUT2D eigenvalue weighted by atomic mass is 9.93. The predicted molar refractivity (Wildman–Crippen MR) is 150 cm³/mol. The molecular formula is C29H34Cl2F4N4O2. The lowest BCUT2D eigenvalue weighted by Gasteiger charge is -2.36. The average molecular weight is 618 g/mol. The number of rotatable bonds is 7. The molecule has 2 fully saturated rings. The minimum Gasteiger partial charge on any atom is -0.343 e. The number of likely N-dealkylation sites (tertiary alicyclic amines) is 2. The van der Waals surface area contributed by atoms with Gasteiger partial charge in [-0.25, -0.2) is 4.39 Å². The van der Waals surface area contributed by atoms with Gasteiger partial charge in [-0.15, -0.1) is 0 Å². The fourth-order valence-electron chi connectivity index (χ4n) is 5.81. The number of hydrogen-bond acceptors (Lipinski definition) is 4. The van der Waals surface area contributed by atoms with Gasteiger partial charge in [0.1, 0.15) is 5.82 Å². The zero-order valence-corrected chi connectivity index (χ0v) is 24.7. The van der Waals surface area contributed by atoms with E-state index < -0.39 is 17.6 Å². The Morgan fingerprint density at radius 1 is 1.00 bits per heavy atom. The van der Waals surface area contributed by atoms with Crippen LogP contribution in [-0.4, -0.2) is 90.3 Å². The first-order chi connectivity index (χ1) is 19.2. The van der Waals surface area contributed by atoms with E-state index in [1.54, 1.807) is 35.9 Å². The first-order valence-electron chi connectivity index (χ1n) is 13.5. The van der Waals surface area contributed by atoms with E-state index in [-0.39, 0.29) is 42.9 Å². The molecule has 6 nitrogen and oxygen atoms in total. The first kappa shape index (κ1) is 31.5. The molecule has 2 aromatic carbocycles. The van der Waals surface area contributed by atoms with Crippen LogP contribution in [0.5, 0.6) is 0 Å². The van der Waals surface area contributed by atoms with E-state index in [4.69, 9.17) is 23.2 Å². The molecule has 2 aliphatic heterocycles. The molecule has 2 amide bonds. The summed E-state index contributed by atoms with van der Waals surface area (Å²) < 4.78 is 53.4. The van der Waals surface area contributed by atoms with E-state index in [0.717, 1.165) is 30.5 Å².